The van der Waals surface area contributed by atoms with Gasteiger partial charge in [0.05, 0.1) is 7.11 Å². The number of ether oxygens (including phenoxy) is 1. The molecule has 1 saturated carbocycles. The molecule has 1 aliphatic carbocycles. The summed E-state index contributed by atoms with van der Waals surface area (Å²) in [5.74, 6) is 0.199. The van der Waals surface area contributed by atoms with E-state index in [9.17, 15) is 14.4 Å². The van der Waals surface area contributed by atoms with Gasteiger partial charge in [-0.3, -0.25) is 14.5 Å². The van der Waals surface area contributed by atoms with Gasteiger partial charge < -0.3 is 15.4 Å². The van der Waals surface area contributed by atoms with E-state index in [1.807, 2.05) is 0 Å². The van der Waals surface area contributed by atoms with Crippen LogP contribution in [0.1, 0.15) is 52.9 Å². The van der Waals surface area contributed by atoms with E-state index in [2.05, 4.69) is 17.6 Å². The highest BCUT2D eigenvalue weighted by Gasteiger charge is 2.44. The SMILES string of the molecule is COC(=O)C1(NCCCN2C(=O)NC(C)(C)C2=O)CCC(C)CC1. The lowest BCUT2D eigenvalue weighted by molar-refractivity contribution is -0.150. The molecular formula is C17H29N3O4. The summed E-state index contributed by atoms with van der Waals surface area (Å²) in [5.41, 5.74) is -1.46. The minimum absolute atomic E-state index is 0.207. The number of hydrogen-bond donors (Lipinski definition) is 2. The molecule has 2 N–H and O–H groups in total. The third-order valence-electron chi connectivity index (χ3n) is 5.17. The van der Waals surface area contributed by atoms with Crippen LogP contribution in [-0.2, 0) is 14.3 Å². The Hall–Kier alpha value is -1.63. The van der Waals surface area contributed by atoms with E-state index >= 15 is 0 Å². The first-order chi connectivity index (χ1) is 11.2. The highest BCUT2D eigenvalue weighted by atomic mass is 16.5. The smallest absolute Gasteiger partial charge is 0.326 e. The quantitative estimate of drug-likeness (QED) is 0.434. The molecule has 0 aromatic carbocycles. The maximum atomic E-state index is 12.2. The predicted octanol–water partition coefficient (Wildman–Crippen LogP) is 1.42. The molecule has 0 aromatic heterocycles. The minimum atomic E-state index is -0.836. The molecule has 136 valence electrons. The molecule has 2 aliphatic rings. The molecule has 0 unspecified atom stereocenters. The molecule has 1 saturated heterocycles. The highest BCUT2D eigenvalue weighted by molar-refractivity contribution is 6.06. The van der Waals surface area contributed by atoms with Crippen molar-refractivity contribution in [3.8, 4) is 0 Å². The van der Waals surface area contributed by atoms with Gasteiger partial charge in [-0.1, -0.05) is 6.92 Å². The van der Waals surface area contributed by atoms with Crippen molar-refractivity contribution < 1.29 is 19.1 Å². The van der Waals surface area contributed by atoms with Crippen LogP contribution >= 0.6 is 0 Å². The number of esters is 1. The van der Waals surface area contributed by atoms with Gasteiger partial charge in [-0.25, -0.2) is 4.79 Å². The molecule has 2 rings (SSSR count). The Balaban J connectivity index is 1.86. The molecule has 0 aromatic rings. The van der Waals surface area contributed by atoms with Crippen LogP contribution in [0.5, 0.6) is 0 Å². The van der Waals surface area contributed by atoms with Crippen molar-refractivity contribution in [1.29, 1.82) is 0 Å². The van der Waals surface area contributed by atoms with Gasteiger partial charge in [0, 0.05) is 6.54 Å². The lowest BCUT2D eigenvalue weighted by Gasteiger charge is -2.37. The summed E-state index contributed by atoms with van der Waals surface area (Å²) in [4.78, 5) is 37.5. The standard InChI is InChI=1S/C17H29N3O4/c1-12-6-8-17(9-7-12,14(22)24-4)18-10-5-11-20-13(21)16(2,3)19-15(20)23/h12,18H,5-11H2,1-4H3,(H,19,23). The van der Waals surface area contributed by atoms with E-state index in [0.29, 0.717) is 25.4 Å². The van der Waals surface area contributed by atoms with Crippen LogP contribution in [0.3, 0.4) is 0 Å². The molecule has 0 spiro atoms. The van der Waals surface area contributed by atoms with Crippen LogP contribution in [0.25, 0.3) is 0 Å². The van der Waals surface area contributed by atoms with Gasteiger partial charge in [-0.15, -0.1) is 0 Å². The monoisotopic (exact) mass is 339 g/mol. The Labute approximate surface area is 143 Å². The number of hydrogen-bond acceptors (Lipinski definition) is 5. The van der Waals surface area contributed by atoms with Crippen molar-refractivity contribution in [2.75, 3.05) is 20.2 Å². The van der Waals surface area contributed by atoms with Crippen LogP contribution in [0.15, 0.2) is 0 Å². The lowest BCUT2D eigenvalue weighted by atomic mass is 9.77. The average Bonchev–Trinajstić information content (AvgIpc) is 2.73. The number of imide groups is 1. The highest BCUT2D eigenvalue weighted by Crippen LogP contribution is 2.32. The molecule has 1 aliphatic heterocycles. The first kappa shape index (κ1) is 18.7. The summed E-state index contributed by atoms with van der Waals surface area (Å²) in [5, 5.41) is 6.00. The number of carbonyl (C=O) groups excluding carboxylic acids is 3. The van der Waals surface area contributed by atoms with Gasteiger partial charge in [0.2, 0.25) is 0 Å². The number of methoxy groups -OCH3 is 1. The van der Waals surface area contributed by atoms with Gasteiger partial charge in [-0.05, 0) is 58.4 Å². The summed E-state index contributed by atoms with van der Waals surface area (Å²) >= 11 is 0. The third-order valence-corrected chi connectivity index (χ3v) is 5.17. The van der Waals surface area contributed by atoms with Gasteiger partial charge >= 0.3 is 12.0 Å². The van der Waals surface area contributed by atoms with E-state index in [-0.39, 0.29) is 17.9 Å². The van der Waals surface area contributed by atoms with Gasteiger partial charge in [0.15, 0.2) is 0 Å². The number of urea groups is 1. The molecule has 3 amide bonds. The van der Waals surface area contributed by atoms with Crippen LogP contribution < -0.4 is 10.6 Å². The van der Waals surface area contributed by atoms with Crippen LogP contribution in [0, 0.1) is 5.92 Å². The lowest BCUT2D eigenvalue weighted by Crippen LogP contribution is -2.55. The number of nitrogens with zero attached hydrogens (tertiary/aromatic N) is 1. The molecule has 0 radical (unpaired) electrons. The zero-order valence-corrected chi connectivity index (χ0v) is 15.1. The number of rotatable bonds is 6. The van der Waals surface area contributed by atoms with Gasteiger partial charge in [-0.2, -0.15) is 0 Å². The molecule has 0 bridgehead atoms. The molecule has 24 heavy (non-hydrogen) atoms. The van der Waals surface area contributed by atoms with E-state index in [4.69, 9.17) is 4.74 Å². The Morgan fingerprint density at radius 1 is 1.33 bits per heavy atom. The fraction of sp³-hybridized carbons (Fsp3) is 0.824. The first-order valence-electron chi connectivity index (χ1n) is 8.69. The molecule has 7 heteroatoms. The van der Waals surface area contributed by atoms with Crippen LogP contribution in [-0.4, -0.2) is 54.1 Å². The van der Waals surface area contributed by atoms with Crippen molar-refractivity contribution in [3.05, 3.63) is 0 Å². The molecular weight excluding hydrogens is 310 g/mol. The summed E-state index contributed by atoms with van der Waals surface area (Å²) < 4.78 is 4.99. The maximum Gasteiger partial charge on any atom is 0.326 e. The maximum absolute atomic E-state index is 12.2. The topological polar surface area (TPSA) is 87.7 Å². The second-order valence-electron chi connectivity index (χ2n) is 7.55. The normalized spacial score (nSPS) is 29.5. The summed E-state index contributed by atoms with van der Waals surface area (Å²) in [6, 6.07) is -0.348. The zero-order chi connectivity index (χ0) is 18.0. The molecule has 7 nitrogen and oxygen atoms in total. The summed E-state index contributed by atoms with van der Waals surface area (Å²) in [6.45, 7) is 6.48. The van der Waals surface area contributed by atoms with Crippen molar-refractivity contribution in [2.24, 2.45) is 5.92 Å². The van der Waals surface area contributed by atoms with Crippen molar-refractivity contribution >= 4 is 17.9 Å². The van der Waals surface area contributed by atoms with Crippen LogP contribution in [0.4, 0.5) is 4.79 Å². The summed E-state index contributed by atoms with van der Waals surface area (Å²) in [7, 11) is 1.42. The largest absolute Gasteiger partial charge is 0.468 e. The fourth-order valence-electron chi connectivity index (χ4n) is 3.49. The van der Waals surface area contributed by atoms with Gasteiger partial charge in [0.25, 0.3) is 5.91 Å². The first-order valence-corrected chi connectivity index (χ1v) is 8.69. The van der Waals surface area contributed by atoms with Crippen molar-refractivity contribution in [1.82, 2.24) is 15.5 Å². The molecule has 1 heterocycles. The Morgan fingerprint density at radius 2 is 1.96 bits per heavy atom. The van der Waals surface area contributed by atoms with Crippen molar-refractivity contribution in [3.63, 3.8) is 0 Å². The zero-order valence-electron chi connectivity index (χ0n) is 15.1. The Kier molecular flexibility index (Phi) is 5.52. The number of nitrogens with one attached hydrogen (secondary N) is 2. The second kappa shape index (κ2) is 7.09. The minimum Gasteiger partial charge on any atom is -0.468 e. The van der Waals surface area contributed by atoms with Crippen LogP contribution in [0.2, 0.25) is 0 Å². The molecule has 2 fully saturated rings. The van der Waals surface area contributed by atoms with E-state index in [0.717, 1.165) is 25.7 Å². The van der Waals surface area contributed by atoms with Gasteiger partial charge in [0.1, 0.15) is 11.1 Å². The third kappa shape index (κ3) is 3.71. The van der Waals surface area contributed by atoms with Crippen molar-refractivity contribution in [2.45, 2.75) is 64.0 Å². The number of amides is 3. The van der Waals surface area contributed by atoms with E-state index in [1.165, 1.54) is 12.0 Å². The number of carbonyl (C=O) groups is 3. The second-order valence-corrected chi connectivity index (χ2v) is 7.55. The Bertz CT molecular complexity index is 510. The molecule has 0 atom stereocenters. The van der Waals surface area contributed by atoms with E-state index in [1.54, 1.807) is 13.8 Å². The predicted molar refractivity (Wildman–Crippen MR) is 89.3 cm³/mol. The average molecular weight is 339 g/mol. The Morgan fingerprint density at radius 3 is 2.46 bits per heavy atom. The van der Waals surface area contributed by atoms with E-state index < -0.39 is 11.1 Å². The summed E-state index contributed by atoms with van der Waals surface area (Å²) in [6.07, 6.45) is 4.10. The fourth-order valence-corrected chi connectivity index (χ4v) is 3.49.